The Hall–Kier alpha value is -0.960. The van der Waals surface area contributed by atoms with Crippen LogP contribution >= 0.6 is 11.8 Å². The molecule has 0 radical (unpaired) electrons. The summed E-state index contributed by atoms with van der Waals surface area (Å²) in [6.07, 6.45) is 8.93. The zero-order chi connectivity index (χ0) is 14.7. The first-order valence-electron chi connectivity index (χ1n) is 8.76. The third-order valence-corrected chi connectivity index (χ3v) is 7.68. The van der Waals surface area contributed by atoms with Gasteiger partial charge in [-0.15, -0.1) is 11.8 Å². The van der Waals surface area contributed by atoms with E-state index in [9.17, 15) is 4.79 Å². The monoisotopic (exact) mass is 313 g/mol. The fourth-order valence-corrected chi connectivity index (χ4v) is 7.13. The molecule has 1 aliphatic heterocycles. The molecule has 5 aliphatic rings. The molecule has 0 aromatic heterocycles. The van der Waals surface area contributed by atoms with Gasteiger partial charge in [-0.25, -0.2) is 0 Å². The second-order valence-corrected chi connectivity index (χ2v) is 9.35. The molecule has 1 aromatic rings. The van der Waals surface area contributed by atoms with Gasteiger partial charge in [-0.05, 0) is 74.3 Å². The van der Waals surface area contributed by atoms with Crippen molar-refractivity contribution in [2.75, 3.05) is 0 Å². The Bertz CT molecular complexity index is 565. The van der Waals surface area contributed by atoms with Gasteiger partial charge in [-0.3, -0.25) is 4.79 Å². The average Bonchev–Trinajstić information content (AvgIpc) is 2.89. The Balaban J connectivity index is 1.32. The van der Waals surface area contributed by atoms with Crippen molar-refractivity contribution in [3.8, 4) is 0 Å². The third kappa shape index (κ3) is 2.12. The fourth-order valence-electron chi connectivity index (χ4n) is 5.93. The lowest BCUT2D eigenvalue weighted by Gasteiger charge is -2.57. The van der Waals surface area contributed by atoms with E-state index in [1.165, 1.54) is 49.0 Å². The van der Waals surface area contributed by atoms with Crippen molar-refractivity contribution in [1.82, 2.24) is 5.32 Å². The lowest BCUT2D eigenvalue weighted by atomic mass is 9.53. The molecule has 0 unspecified atom stereocenters. The van der Waals surface area contributed by atoms with Gasteiger partial charge in [0.05, 0.1) is 5.25 Å². The molecule has 1 atom stereocenters. The largest absolute Gasteiger partial charge is 0.350 e. The Morgan fingerprint density at radius 3 is 2.32 bits per heavy atom. The first-order valence-corrected chi connectivity index (χ1v) is 9.64. The molecule has 4 saturated carbocycles. The van der Waals surface area contributed by atoms with Crippen molar-refractivity contribution in [3.63, 3.8) is 0 Å². The van der Waals surface area contributed by atoms with Crippen LogP contribution in [-0.4, -0.2) is 16.7 Å². The van der Waals surface area contributed by atoms with Gasteiger partial charge in [0, 0.05) is 10.4 Å². The van der Waals surface area contributed by atoms with Crippen molar-refractivity contribution >= 4 is 17.7 Å². The van der Waals surface area contributed by atoms with Crippen molar-refractivity contribution in [1.29, 1.82) is 0 Å². The number of rotatable bonds is 2. The Labute approximate surface area is 136 Å². The second-order valence-electron chi connectivity index (χ2n) is 8.11. The lowest BCUT2D eigenvalue weighted by molar-refractivity contribution is -0.126. The summed E-state index contributed by atoms with van der Waals surface area (Å²) in [6.45, 7) is 0. The van der Waals surface area contributed by atoms with E-state index >= 15 is 0 Å². The molecule has 1 N–H and O–H groups in total. The zero-order valence-electron chi connectivity index (χ0n) is 12.9. The molecule has 4 fully saturated rings. The predicted molar refractivity (Wildman–Crippen MR) is 88.8 cm³/mol. The smallest absolute Gasteiger partial charge is 0.234 e. The Morgan fingerprint density at radius 2 is 1.68 bits per heavy atom. The Kier molecular flexibility index (Phi) is 2.92. The summed E-state index contributed by atoms with van der Waals surface area (Å²) in [6, 6.07) is 8.47. The van der Waals surface area contributed by atoms with Crippen LogP contribution in [-0.2, 0) is 11.2 Å². The van der Waals surface area contributed by atoms with E-state index < -0.39 is 0 Å². The van der Waals surface area contributed by atoms with Crippen LogP contribution in [0.3, 0.4) is 0 Å². The maximum Gasteiger partial charge on any atom is 0.234 e. The number of carbonyl (C=O) groups excluding carboxylic acids is 1. The second kappa shape index (κ2) is 4.77. The van der Waals surface area contributed by atoms with E-state index in [1.54, 1.807) is 11.8 Å². The van der Waals surface area contributed by atoms with Crippen LogP contribution in [0.1, 0.15) is 44.1 Å². The molecule has 1 aromatic carbocycles. The number of thioether (sulfide) groups is 1. The summed E-state index contributed by atoms with van der Waals surface area (Å²) in [5, 5.41) is 3.63. The normalized spacial score (nSPS) is 41.5. The van der Waals surface area contributed by atoms with E-state index in [-0.39, 0.29) is 10.8 Å². The highest BCUT2D eigenvalue weighted by atomic mass is 32.2. The molecule has 0 spiro atoms. The standard InChI is InChI=1S/C19H23NOS/c21-18(17-8-15-3-1-2-4-16(15)22-17)20-19-9-12-5-13(10-19)7-14(6-12)11-19/h1-4,12-14,17H,5-11H2,(H,20,21)/t12?,13?,14?,17-,19?/m1/s1. The number of hydrogen-bond acceptors (Lipinski definition) is 2. The van der Waals surface area contributed by atoms with Gasteiger partial charge in [0.1, 0.15) is 0 Å². The van der Waals surface area contributed by atoms with E-state index in [2.05, 4.69) is 29.6 Å². The third-order valence-electron chi connectivity index (χ3n) is 6.37. The summed E-state index contributed by atoms with van der Waals surface area (Å²) in [5.74, 6) is 2.96. The lowest BCUT2D eigenvalue weighted by Crippen LogP contribution is -2.61. The van der Waals surface area contributed by atoms with Gasteiger partial charge in [0.15, 0.2) is 0 Å². The molecule has 6 rings (SSSR count). The molecule has 3 heteroatoms. The highest BCUT2D eigenvalue weighted by molar-refractivity contribution is 8.01. The van der Waals surface area contributed by atoms with Crippen LogP contribution in [0.25, 0.3) is 0 Å². The SMILES string of the molecule is O=C(NC12CC3CC(CC(C3)C1)C2)[C@H]1Cc2ccccc2S1. The van der Waals surface area contributed by atoms with Crippen molar-refractivity contribution in [3.05, 3.63) is 29.8 Å². The molecule has 1 heterocycles. The summed E-state index contributed by atoms with van der Waals surface area (Å²) >= 11 is 1.76. The van der Waals surface area contributed by atoms with Gasteiger partial charge in [0.2, 0.25) is 5.91 Å². The van der Waals surface area contributed by atoms with Gasteiger partial charge in [-0.1, -0.05) is 18.2 Å². The number of hydrogen-bond donors (Lipinski definition) is 1. The first-order chi connectivity index (χ1) is 10.7. The van der Waals surface area contributed by atoms with Gasteiger partial charge in [0.25, 0.3) is 0 Å². The first kappa shape index (κ1) is 13.5. The molecule has 116 valence electrons. The molecule has 2 nitrogen and oxygen atoms in total. The number of fused-ring (bicyclic) bond motifs is 1. The van der Waals surface area contributed by atoms with E-state index in [0.29, 0.717) is 5.91 Å². The predicted octanol–water partition coefficient (Wildman–Crippen LogP) is 3.79. The molecule has 1 amide bonds. The molecular formula is C19H23NOS. The molecule has 4 bridgehead atoms. The van der Waals surface area contributed by atoms with E-state index in [1.807, 2.05) is 0 Å². The van der Waals surface area contributed by atoms with Gasteiger partial charge < -0.3 is 5.32 Å². The summed E-state index contributed by atoms with van der Waals surface area (Å²) in [4.78, 5) is 14.2. The highest BCUT2D eigenvalue weighted by Crippen LogP contribution is 2.55. The van der Waals surface area contributed by atoms with Crippen LogP contribution in [0.5, 0.6) is 0 Å². The van der Waals surface area contributed by atoms with Gasteiger partial charge in [-0.2, -0.15) is 0 Å². The highest BCUT2D eigenvalue weighted by Gasteiger charge is 2.52. The number of benzene rings is 1. The quantitative estimate of drug-likeness (QED) is 0.900. The summed E-state index contributed by atoms with van der Waals surface area (Å²) in [5.41, 5.74) is 1.50. The number of nitrogens with one attached hydrogen (secondary N) is 1. The summed E-state index contributed by atoms with van der Waals surface area (Å²) < 4.78 is 0. The maximum absolute atomic E-state index is 12.9. The van der Waals surface area contributed by atoms with Crippen molar-refractivity contribution in [2.24, 2.45) is 17.8 Å². The van der Waals surface area contributed by atoms with Crippen LogP contribution in [0.4, 0.5) is 0 Å². The van der Waals surface area contributed by atoms with Crippen LogP contribution in [0.15, 0.2) is 29.2 Å². The average molecular weight is 313 g/mol. The maximum atomic E-state index is 12.9. The van der Waals surface area contributed by atoms with Crippen LogP contribution in [0, 0.1) is 17.8 Å². The minimum Gasteiger partial charge on any atom is -0.350 e. The van der Waals surface area contributed by atoms with Crippen molar-refractivity contribution in [2.45, 2.75) is 60.6 Å². The van der Waals surface area contributed by atoms with Crippen LogP contribution in [0.2, 0.25) is 0 Å². The minimum atomic E-state index is 0.0883. The van der Waals surface area contributed by atoms with Crippen LogP contribution < -0.4 is 5.32 Å². The fraction of sp³-hybridized carbons (Fsp3) is 0.632. The van der Waals surface area contributed by atoms with E-state index in [4.69, 9.17) is 0 Å². The topological polar surface area (TPSA) is 29.1 Å². The Morgan fingerprint density at radius 1 is 1.05 bits per heavy atom. The molecule has 22 heavy (non-hydrogen) atoms. The van der Waals surface area contributed by atoms with Gasteiger partial charge >= 0.3 is 0 Å². The van der Waals surface area contributed by atoms with E-state index in [0.717, 1.165) is 24.2 Å². The number of amides is 1. The molecule has 0 saturated heterocycles. The molecule has 4 aliphatic carbocycles. The number of carbonyl (C=O) groups is 1. The molecular weight excluding hydrogens is 290 g/mol. The van der Waals surface area contributed by atoms with Crippen molar-refractivity contribution < 1.29 is 4.79 Å². The summed E-state index contributed by atoms with van der Waals surface area (Å²) in [7, 11) is 0. The zero-order valence-corrected chi connectivity index (χ0v) is 13.7. The minimum absolute atomic E-state index is 0.0883.